The van der Waals surface area contributed by atoms with Crippen LogP contribution >= 0.6 is 0 Å². The van der Waals surface area contributed by atoms with E-state index in [-0.39, 0.29) is 27.1 Å². The second-order valence-corrected chi connectivity index (χ2v) is 12.0. The molecule has 2 heterocycles. The summed E-state index contributed by atoms with van der Waals surface area (Å²) >= 11 is 0. The molecule has 2 aromatic carbocycles. The predicted molar refractivity (Wildman–Crippen MR) is 123 cm³/mol. The van der Waals surface area contributed by atoms with Gasteiger partial charge in [0.2, 0.25) is 19.9 Å². The number of pyridine rings is 1. The first kappa shape index (κ1) is 23.5. The third kappa shape index (κ3) is 4.71. The maximum absolute atomic E-state index is 13.9. The molecule has 0 fully saturated rings. The Bertz CT molecular complexity index is 1400. The monoisotopic (exact) mass is 488 g/mol. The number of sulfonamides is 1. The van der Waals surface area contributed by atoms with Gasteiger partial charge in [-0.2, -0.15) is 0 Å². The summed E-state index contributed by atoms with van der Waals surface area (Å²) in [6, 6.07) is 10.3. The number of rotatable bonds is 6. The van der Waals surface area contributed by atoms with Crippen molar-refractivity contribution in [2.24, 2.45) is 0 Å². The third-order valence-corrected chi connectivity index (χ3v) is 9.27. The smallest absolute Gasteiger partial charge is 0.240 e. The van der Waals surface area contributed by atoms with Crippen LogP contribution < -0.4 is 4.72 Å². The van der Waals surface area contributed by atoms with E-state index in [1.54, 1.807) is 30.6 Å². The summed E-state index contributed by atoms with van der Waals surface area (Å²) in [6.45, 7) is 3.89. The highest BCUT2D eigenvalue weighted by Gasteiger charge is 2.32. The lowest BCUT2D eigenvalue weighted by Crippen LogP contribution is -2.27. The van der Waals surface area contributed by atoms with Crippen LogP contribution in [0.25, 0.3) is 0 Å². The first-order chi connectivity index (χ1) is 15.6. The topological polar surface area (TPSA) is 93.2 Å². The van der Waals surface area contributed by atoms with Gasteiger partial charge in [0.1, 0.15) is 5.82 Å². The summed E-state index contributed by atoms with van der Waals surface area (Å²) in [4.78, 5) is 3.70. The zero-order chi connectivity index (χ0) is 23.8. The van der Waals surface area contributed by atoms with Gasteiger partial charge in [-0.25, -0.2) is 25.9 Å². The molecule has 0 saturated carbocycles. The Hall–Kier alpha value is -2.62. The molecule has 1 aliphatic rings. The van der Waals surface area contributed by atoms with Gasteiger partial charge in [-0.05, 0) is 77.8 Å². The highest BCUT2D eigenvalue weighted by molar-refractivity contribution is 7.92. The summed E-state index contributed by atoms with van der Waals surface area (Å²) in [5.74, 6) is -0.793. The number of fused-ring (bicyclic) bond motifs is 2. The molecule has 0 unspecified atom stereocenters. The van der Waals surface area contributed by atoms with E-state index in [1.807, 2.05) is 13.8 Å². The van der Waals surface area contributed by atoms with Crippen LogP contribution in [0.2, 0.25) is 0 Å². The zero-order valence-corrected chi connectivity index (χ0v) is 20.0. The normalized spacial score (nSPS) is 15.0. The number of halogens is 1. The Balaban J connectivity index is 1.77. The first-order valence-electron chi connectivity index (χ1n) is 10.7. The SMILES string of the molecule is CC(C)c1cc2c(cc1S(=O)(=O)NCCc1ccncc1)S(=O)(=O)c1cc(F)ccc1CC2. The van der Waals surface area contributed by atoms with Crippen LogP contribution in [0.1, 0.15) is 42.0 Å². The molecule has 1 N–H and O–H groups in total. The molecule has 0 radical (unpaired) electrons. The average molecular weight is 489 g/mol. The van der Waals surface area contributed by atoms with Gasteiger partial charge >= 0.3 is 0 Å². The van der Waals surface area contributed by atoms with E-state index in [0.29, 0.717) is 36.0 Å². The lowest BCUT2D eigenvalue weighted by Gasteiger charge is -2.18. The third-order valence-electron chi connectivity index (χ3n) is 5.83. The number of nitrogens with zero attached hydrogens (tertiary/aromatic N) is 1. The minimum Gasteiger partial charge on any atom is -0.265 e. The fourth-order valence-corrected chi connectivity index (χ4v) is 7.36. The van der Waals surface area contributed by atoms with E-state index in [9.17, 15) is 21.2 Å². The van der Waals surface area contributed by atoms with E-state index < -0.39 is 25.7 Å². The van der Waals surface area contributed by atoms with Crippen LogP contribution in [0.15, 0.2) is 69.5 Å². The van der Waals surface area contributed by atoms with Crippen LogP contribution in [0, 0.1) is 5.82 Å². The molecule has 4 rings (SSSR count). The maximum atomic E-state index is 13.9. The summed E-state index contributed by atoms with van der Waals surface area (Å²) in [7, 11) is -8.08. The highest BCUT2D eigenvalue weighted by Crippen LogP contribution is 2.37. The van der Waals surface area contributed by atoms with E-state index in [0.717, 1.165) is 11.6 Å². The van der Waals surface area contributed by atoms with Crippen molar-refractivity contribution in [1.82, 2.24) is 9.71 Å². The fourth-order valence-electron chi connectivity index (χ4n) is 4.08. The van der Waals surface area contributed by atoms with Crippen LogP contribution in [-0.2, 0) is 39.1 Å². The van der Waals surface area contributed by atoms with Gasteiger partial charge in [0.15, 0.2) is 0 Å². The molecular formula is C24H25FN2O4S2. The number of sulfone groups is 1. The molecule has 9 heteroatoms. The molecule has 0 bridgehead atoms. The Morgan fingerprint density at radius 1 is 1.00 bits per heavy atom. The van der Waals surface area contributed by atoms with Gasteiger partial charge < -0.3 is 0 Å². The van der Waals surface area contributed by atoms with Crippen molar-refractivity contribution in [2.45, 2.75) is 53.7 Å². The molecule has 1 aromatic heterocycles. The summed E-state index contributed by atoms with van der Waals surface area (Å²) in [5.41, 5.74) is 2.56. The van der Waals surface area contributed by atoms with Crippen LogP contribution in [0.4, 0.5) is 4.39 Å². The Morgan fingerprint density at radius 3 is 2.36 bits per heavy atom. The molecular weight excluding hydrogens is 463 g/mol. The second kappa shape index (κ2) is 8.96. The Labute approximate surface area is 193 Å². The van der Waals surface area contributed by atoms with Gasteiger partial charge in [0.25, 0.3) is 0 Å². The van der Waals surface area contributed by atoms with E-state index in [4.69, 9.17) is 0 Å². The van der Waals surface area contributed by atoms with Gasteiger partial charge in [-0.1, -0.05) is 26.0 Å². The lowest BCUT2D eigenvalue weighted by molar-refractivity contribution is 0.578. The summed E-state index contributed by atoms with van der Waals surface area (Å²) in [5, 5.41) is 0. The molecule has 174 valence electrons. The molecule has 0 atom stereocenters. The average Bonchev–Trinajstić information content (AvgIpc) is 2.87. The number of hydrogen-bond donors (Lipinski definition) is 1. The number of aryl methyl sites for hydroxylation is 2. The number of aromatic nitrogens is 1. The second-order valence-electron chi connectivity index (χ2n) is 8.41. The lowest BCUT2D eigenvalue weighted by atomic mass is 9.97. The number of hydrogen-bond acceptors (Lipinski definition) is 5. The predicted octanol–water partition coefficient (Wildman–Crippen LogP) is 3.80. The molecule has 6 nitrogen and oxygen atoms in total. The summed E-state index contributed by atoms with van der Waals surface area (Å²) < 4.78 is 69.9. The molecule has 3 aromatic rings. The molecule has 0 aliphatic carbocycles. The van der Waals surface area contributed by atoms with Crippen LogP contribution in [0.5, 0.6) is 0 Å². The minimum atomic E-state index is -4.09. The zero-order valence-electron chi connectivity index (χ0n) is 18.4. The quantitative estimate of drug-likeness (QED) is 0.570. The van der Waals surface area contributed by atoms with E-state index in [1.165, 1.54) is 18.2 Å². The standard InChI is InChI=1S/C24H25FN2O4S2/c1-16(2)21-13-19-4-3-18-5-6-20(25)14-22(18)32(28,29)23(19)15-24(21)33(30,31)27-12-9-17-7-10-26-11-8-17/h5-8,10-11,13-16,27H,3-4,9,12H2,1-2H3. The van der Waals surface area contributed by atoms with E-state index >= 15 is 0 Å². The van der Waals surface area contributed by atoms with Crippen molar-refractivity contribution in [1.29, 1.82) is 0 Å². The minimum absolute atomic E-state index is 0.0607. The number of benzene rings is 2. The first-order valence-corrected chi connectivity index (χ1v) is 13.6. The van der Waals surface area contributed by atoms with Crippen molar-refractivity contribution in [3.63, 3.8) is 0 Å². The van der Waals surface area contributed by atoms with Crippen LogP contribution in [0.3, 0.4) is 0 Å². The molecule has 33 heavy (non-hydrogen) atoms. The van der Waals surface area contributed by atoms with Gasteiger partial charge in [0, 0.05) is 18.9 Å². The van der Waals surface area contributed by atoms with Gasteiger partial charge in [0.05, 0.1) is 14.7 Å². The molecule has 0 saturated heterocycles. The molecule has 1 aliphatic heterocycles. The van der Waals surface area contributed by atoms with Crippen molar-refractivity contribution < 1.29 is 21.2 Å². The maximum Gasteiger partial charge on any atom is 0.240 e. The fraction of sp³-hybridized carbons (Fsp3) is 0.292. The summed E-state index contributed by atoms with van der Waals surface area (Å²) in [6.07, 6.45) is 4.59. The van der Waals surface area contributed by atoms with Crippen molar-refractivity contribution in [3.8, 4) is 0 Å². The Kier molecular flexibility index (Phi) is 6.39. The van der Waals surface area contributed by atoms with Crippen molar-refractivity contribution in [3.05, 3.63) is 82.9 Å². The van der Waals surface area contributed by atoms with E-state index in [2.05, 4.69) is 9.71 Å². The molecule has 0 amide bonds. The van der Waals surface area contributed by atoms with Gasteiger partial charge in [-0.3, -0.25) is 4.98 Å². The highest BCUT2D eigenvalue weighted by atomic mass is 32.2. The van der Waals surface area contributed by atoms with Crippen molar-refractivity contribution in [2.75, 3.05) is 6.54 Å². The Morgan fingerprint density at radius 2 is 1.67 bits per heavy atom. The van der Waals surface area contributed by atoms with Crippen molar-refractivity contribution >= 4 is 19.9 Å². The van der Waals surface area contributed by atoms with Crippen LogP contribution in [-0.4, -0.2) is 28.4 Å². The van der Waals surface area contributed by atoms with Gasteiger partial charge in [-0.15, -0.1) is 0 Å². The largest absolute Gasteiger partial charge is 0.265 e. The number of nitrogens with one attached hydrogen (secondary N) is 1. The molecule has 0 spiro atoms.